The van der Waals surface area contributed by atoms with Gasteiger partial charge in [-0.2, -0.15) is 0 Å². The summed E-state index contributed by atoms with van der Waals surface area (Å²) in [5, 5.41) is 0. The van der Waals surface area contributed by atoms with Crippen molar-refractivity contribution in [3.05, 3.63) is 35.9 Å². The van der Waals surface area contributed by atoms with E-state index in [-0.39, 0.29) is 18.7 Å². The number of rotatable bonds is 9. The number of ether oxygens (including phenoxy) is 1. The maximum absolute atomic E-state index is 13.7. The number of benzene rings is 1. The molecule has 0 N–H and O–H groups in total. The monoisotopic (exact) mass is 402 g/mol. The van der Waals surface area contributed by atoms with Gasteiger partial charge in [0.15, 0.2) is 0 Å². The lowest BCUT2D eigenvalue weighted by atomic mass is 9.82. The van der Waals surface area contributed by atoms with Crippen LogP contribution in [0.25, 0.3) is 0 Å². The second kappa shape index (κ2) is 9.90. The molecule has 6 nitrogen and oxygen atoms in total. The second-order valence-corrected chi connectivity index (χ2v) is 8.03. The Balaban J connectivity index is 2.40. The fourth-order valence-electron chi connectivity index (χ4n) is 3.94. The number of hydrogen-bond acceptors (Lipinski definition) is 4. The third-order valence-electron chi connectivity index (χ3n) is 5.94. The van der Waals surface area contributed by atoms with E-state index >= 15 is 0 Å². The smallest absolute Gasteiger partial charge is 0.327 e. The molecule has 0 aromatic heterocycles. The summed E-state index contributed by atoms with van der Waals surface area (Å²) in [6.07, 6.45) is 4.15. The number of amides is 3. The minimum Gasteiger partial charge on any atom is -0.465 e. The van der Waals surface area contributed by atoms with Gasteiger partial charge < -0.3 is 9.64 Å². The fourth-order valence-corrected chi connectivity index (χ4v) is 3.94. The second-order valence-electron chi connectivity index (χ2n) is 8.03. The minimum atomic E-state index is -1.38. The topological polar surface area (TPSA) is 66.9 Å². The zero-order chi connectivity index (χ0) is 21.6. The van der Waals surface area contributed by atoms with Crippen LogP contribution in [0.1, 0.15) is 71.4 Å². The Kier molecular flexibility index (Phi) is 7.82. The Morgan fingerprint density at radius 1 is 1.10 bits per heavy atom. The van der Waals surface area contributed by atoms with Crippen molar-refractivity contribution in [2.75, 3.05) is 13.7 Å². The number of esters is 1. The Morgan fingerprint density at radius 3 is 2.34 bits per heavy atom. The molecule has 1 aromatic carbocycles. The van der Waals surface area contributed by atoms with Crippen molar-refractivity contribution in [3.8, 4) is 0 Å². The minimum absolute atomic E-state index is 0.194. The fraction of sp³-hybridized carbons (Fsp3) is 0.609. The van der Waals surface area contributed by atoms with Gasteiger partial charge in [0.05, 0.1) is 18.7 Å². The lowest BCUT2D eigenvalue weighted by molar-refractivity contribution is -0.163. The van der Waals surface area contributed by atoms with Crippen LogP contribution in [0.15, 0.2) is 30.3 Å². The molecule has 0 unspecified atom stereocenters. The Labute approximate surface area is 174 Å². The SMILES string of the molecule is CCCCCC[C@@](C)(C(=O)OCC)C(=O)N1C(=O)N(C)[C@H](C)[C@@H]1c1ccccc1. The van der Waals surface area contributed by atoms with Gasteiger partial charge >= 0.3 is 12.0 Å². The largest absolute Gasteiger partial charge is 0.465 e. The highest BCUT2D eigenvalue weighted by Crippen LogP contribution is 2.39. The van der Waals surface area contributed by atoms with Crippen molar-refractivity contribution in [2.45, 2.75) is 71.9 Å². The lowest BCUT2D eigenvalue weighted by Gasteiger charge is -2.32. The molecule has 3 atom stereocenters. The third-order valence-corrected chi connectivity index (χ3v) is 5.94. The van der Waals surface area contributed by atoms with Crippen LogP contribution in [0.3, 0.4) is 0 Å². The predicted octanol–water partition coefficient (Wildman–Crippen LogP) is 4.55. The molecule has 1 aliphatic heterocycles. The standard InChI is InChI=1S/C23H34N2O4/c1-6-8-9-13-16-23(4,21(27)29-7-2)20(26)25-19(17(3)24(5)22(25)28)18-14-11-10-12-15-18/h10-12,14-15,17,19H,6-9,13,16H2,1-5H3/t17-,19-,23-/m1/s1. The highest BCUT2D eigenvalue weighted by molar-refractivity contribution is 6.09. The molecule has 0 bridgehead atoms. The predicted molar refractivity (Wildman–Crippen MR) is 112 cm³/mol. The number of carbonyl (C=O) groups is 3. The van der Waals surface area contributed by atoms with Crippen LogP contribution in [0.4, 0.5) is 4.79 Å². The number of unbranched alkanes of at least 4 members (excludes halogenated alkanes) is 3. The molecule has 2 rings (SSSR count). The van der Waals surface area contributed by atoms with Crippen molar-refractivity contribution in [1.29, 1.82) is 0 Å². The summed E-state index contributed by atoms with van der Waals surface area (Å²) in [4.78, 5) is 42.4. The summed E-state index contributed by atoms with van der Waals surface area (Å²) >= 11 is 0. The molecule has 29 heavy (non-hydrogen) atoms. The molecule has 0 aliphatic carbocycles. The van der Waals surface area contributed by atoms with Gasteiger partial charge in [-0.25, -0.2) is 4.79 Å². The summed E-state index contributed by atoms with van der Waals surface area (Å²) in [6.45, 7) is 7.58. The normalized spacial score (nSPS) is 21.2. The average Bonchev–Trinajstić information content (AvgIpc) is 2.95. The molecule has 1 saturated heterocycles. The van der Waals surface area contributed by atoms with E-state index in [1.54, 1.807) is 25.8 Å². The van der Waals surface area contributed by atoms with Crippen molar-refractivity contribution in [1.82, 2.24) is 9.80 Å². The van der Waals surface area contributed by atoms with Crippen molar-refractivity contribution >= 4 is 17.9 Å². The molecule has 160 valence electrons. The molecular weight excluding hydrogens is 368 g/mol. The number of nitrogens with zero attached hydrogens (tertiary/aromatic N) is 2. The number of urea groups is 1. The first-order chi connectivity index (χ1) is 13.8. The number of imide groups is 1. The van der Waals surface area contributed by atoms with Gasteiger partial charge in [-0.05, 0) is 32.8 Å². The van der Waals surface area contributed by atoms with Crippen LogP contribution < -0.4 is 0 Å². The molecule has 3 amide bonds. The van der Waals surface area contributed by atoms with Gasteiger partial charge in [-0.3, -0.25) is 14.5 Å². The zero-order valence-electron chi connectivity index (χ0n) is 18.3. The maximum atomic E-state index is 13.7. The molecule has 1 aromatic rings. The van der Waals surface area contributed by atoms with Gasteiger partial charge in [-0.1, -0.05) is 62.9 Å². The zero-order valence-corrected chi connectivity index (χ0v) is 18.3. The molecule has 6 heteroatoms. The Hall–Kier alpha value is -2.37. The number of likely N-dealkylation sites (N-methyl/N-ethyl adjacent to an activating group) is 1. The third kappa shape index (κ3) is 4.62. The van der Waals surface area contributed by atoms with E-state index in [1.165, 1.54) is 4.90 Å². The van der Waals surface area contributed by atoms with Gasteiger partial charge in [0.2, 0.25) is 5.91 Å². The van der Waals surface area contributed by atoms with Gasteiger partial charge in [0, 0.05) is 7.05 Å². The molecule has 0 radical (unpaired) electrons. The van der Waals surface area contributed by atoms with Crippen LogP contribution in [-0.2, 0) is 14.3 Å². The van der Waals surface area contributed by atoms with Crippen molar-refractivity contribution in [3.63, 3.8) is 0 Å². The van der Waals surface area contributed by atoms with E-state index in [0.717, 1.165) is 31.2 Å². The van der Waals surface area contributed by atoms with Crippen molar-refractivity contribution in [2.24, 2.45) is 5.41 Å². The summed E-state index contributed by atoms with van der Waals surface area (Å²) in [5.41, 5.74) is -0.500. The summed E-state index contributed by atoms with van der Waals surface area (Å²) in [6, 6.07) is 8.50. The molecule has 1 aliphatic rings. The molecular formula is C23H34N2O4. The lowest BCUT2D eigenvalue weighted by Crippen LogP contribution is -2.49. The Bertz CT molecular complexity index is 721. The number of carbonyl (C=O) groups excluding carboxylic acids is 3. The van der Waals surface area contributed by atoms with E-state index in [2.05, 4.69) is 6.92 Å². The molecule has 1 fully saturated rings. The van der Waals surface area contributed by atoms with Gasteiger partial charge in [0.25, 0.3) is 0 Å². The first-order valence-corrected chi connectivity index (χ1v) is 10.6. The molecule has 0 saturated carbocycles. The summed E-state index contributed by atoms with van der Waals surface area (Å²) in [7, 11) is 1.69. The van der Waals surface area contributed by atoms with Crippen LogP contribution in [0, 0.1) is 5.41 Å². The number of hydrogen-bond donors (Lipinski definition) is 0. The highest BCUT2D eigenvalue weighted by Gasteiger charge is 2.53. The van der Waals surface area contributed by atoms with Crippen LogP contribution in [0.5, 0.6) is 0 Å². The van der Waals surface area contributed by atoms with E-state index in [9.17, 15) is 14.4 Å². The maximum Gasteiger partial charge on any atom is 0.327 e. The van der Waals surface area contributed by atoms with E-state index in [4.69, 9.17) is 4.74 Å². The molecule has 0 spiro atoms. The van der Waals surface area contributed by atoms with Gasteiger partial charge in [-0.15, -0.1) is 0 Å². The Morgan fingerprint density at radius 2 is 1.76 bits per heavy atom. The first-order valence-electron chi connectivity index (χ1n) is 10.6. The van der Waals surface area contributed by atoms with Crippen LogP contribution in [0.2, 0.25) is 0 Å². The molecule has 1 heterocycles. The van der Waals surface area contributed by atoms with E-state index < -0.39 is 23.3 Å². The van der Waals surface area contributed by atoms with Crippen LogP contribution >= 0.6 is 0 Å². The summed E-state index contributed by atoms with van der Waals surface area (Å²) < 4.78 is 5.26. The average molecular weight is 403 g/mol. The van der Waals surface area contributed by atoms with E-state index in [1.807, 2.05) is 37.3 Å². The quantitative estimate of drug-likeness (QED) is 0.345. The van der Waals surface area contributed by atoms with E-state index in [0.29, 0.717) is 6.42 Å². The van der Waals surface area contributed by atoms with Crippen molar-refractivity contribution < 1.29 is 19.1 Å². The highest BCUT2D eigenvalue weighted by atomic mass is 16.5. The van der Waals surface area contributed by atoms with Gasteiger partial charge in [0.1, 0.15) is 5.41 Å². The first kappa shape index (κ1) is 22.9. The summed E-state index contributed by atoms with van der Waals surface area (Å²) in [5.74, 6) is -1.02. The van der Waals surface area contributed by atoms with Crippen LogP contribution in [-0.4, -0.2) is 47.4 Å².